The van der Waals surface area contributed by atoms with Gasteiger partial charge in [0.2, 0.25) is 0 Å². The fourth-order valence-corrected chi connectivity index (χ4v) is 1.79. The molecular formula is C9H20N2O. The molecule has 2 unspecified atom stereocenters. The van der Waals surface area contributed by atoms with Gasteiger partial charge in [-0.2, -0.15) is 0 Å². The van der Waals surface area contributed by atoms with Crippen LogP contribution in [0.25, 0.3) is 0 Å². The Hall–Kier alpha value is -0.120. The van der Waals surface area contributed by atoms with Gasteiger partial charge in [-0.05, 0) is 26.2 Å². The Balaban J connectivity index is 2.62. The van der Waals surface area contributed by atoms with Gasteiger partial charge in [-0.25, -0.2) is 0 Å². The summed E-state index contributed by atoms with van der Waals surface area (Å²) >= 11 is 0. The molecule has 4 N–H and O–H groups in total. The minimum Gasteiger partial charge on any atom is -0.375 e. The van der Waals surface area contributed by atoms with Gasteiger partial charge in [-0.15, -0.1) is 0 Å². The Morgan fingerprint density at radius 3 is 2.67 bits per heavy atom. The van der Waals surface area contributed by atoms with E-state index in [2.05, 4.69) is 13.8 Å². The Morgan fingerprint density at radius 2 is 2.17 bits per heavy atom. The highest BCUT2D eigenvalue weighted by Gasteiger charge is 2.38. The van der Waals surface area contributed by atoms with Crippen LogP contribution in [0, 0.1) is 0 Å². The molecule has 0 aromatic carbocycles. The summed E-state index contributed by atoms with van der Waals surface area (Å²) in [5.41, 5.74) is 11.5. The second-order valence-corrected chi connectivity index (χ2v) is 4.15. The van der Waals surface area contributed by atoms with Gasteiger partial charge in [0.25, 0.3) is 0 Å². The molecule has 0 bridgehead atoms. The third kappa shape index (κ3) is 1.97. The van der Waals surface area contributed by atoms with Crippen molar-refractivity contribution in [1.82, 2.24) is 0 Å². The lowest BCUT2D eigenvalue weighted by Gasteiger charge is -2.43. The van der Waals surface area contributed by atoms with E-state index in [4.69, 9.17) is 16.2 Å². The van der Waals surface area contributed by atoms with E-state index in [9.17, 15) is 0 Å². The van der Waals surface area contributed by atoms with Crippen LogP contribution < -0.4 is 11.5 Å². The monoisotopic (exact) mass is 172 g/mol. The minimum absolute atomic E-state index is 0.0492. The Kier molecular flexibility index (Phi) is 2.76. The molecule has 2 atom stereocenters. The van der Waals surface area contributed by atoms with Gasteiger partial charge < -0.3 is 16.2 Å². The van der Waals surface area contributed by atoms with Crippen molar-refractivity contribution in [3.8, 4) is 0 Å². The summed E-state index contributed by atoms with van der Waals surface area (Å²) in [6.45, 7) is 5.55. The molecule has 3 heteroatoms. The van der Waals surface area contributed by atoms with Crippen LogP contribution in [0.1, 0.15) is 33.1 Å². The summed E-state index contributed by atoms with van der Waals surface area (Å²) in [6, 6.07) is 0. The van der Waals surface area contributed by atoms with Gasteiger partial charge in [0.15, 0.2) is 0 Å². The maximum Gasteiger partial charge on any atom is 0.0669 e. The second kappa shape index (κ2) is 3.32. The molecule has 1 rings (SSSR count). The van der Waals surface area contributed by atoms with E-state index < -0.39 is 0 Å². The first-order chi connectivity index (χ1) is 5.54. The summed E-state index contributed by atoms with van der Waals surface area (Å²) < 4.78 is 5.68. The summed E-state index contributed by atoms with van der Waals surface area (Å²) in [6.07, 6.45) is 2.78. The van der Waals surface area contributed by atoms with Gasteiger partial charge in [0, 0.05) is 18.7 Å². The summed E-state index contributed by atoms with van der Waals surface area (Å²) in [5.74, 6) is 0. The summed E-state index contributed by atoms with van der Waals surface area (Å²) in [5, 5.41) is 0. The van der Waals surface area contributed by atoms with Gasteiger partial charge in [0.05, 0.1) is 5.60 Å². The van der Waals surface area contributed by atoms with Crippen molar-refractivity contribution in [2.24, 2.45) is 11.5 Å². The Bertz CT molecular complexity index is 147. The third-order valence-electron chi connectivity index (χ3n) is 2.93. The largest absolute Gasteiger partial charge is 0.375 e. The zero-order chi connectivity index (χ0) is 9.24. The lowest BCUT2D eigenvalue weighted by Crippen LogP contribution is -2.56. The molecular weight excluding hydrogens is 152 g/mol. The predicted octanol–water partition coefficient (Wildman–Crippen LogP) is 0.622. The highest BCUT2D eigenvalue weighted by atomic mass is 16.5. The standard InChI is InChI=1S/C9H20N2O/c1-3-8(2)6-9(11,7-10)4-5-12-8/h3-7,10-11H2,1-2H3. The average Bonchev–Trinajstić information content (AvgIpc) is 2.05. The average molecular weight is 172 g/mol. The molecule has 0 radical (unpaired) electrons. The first-order valence-electron chi connectivity index (χ1n) is 4.66. The number of rotatable bonds is 2. The minimum atomic E-state index is -0.191. The Morgan fingerprint density at radius 1 is 1.50 bits per heavy atom. The first-order valence-corrected chi connectivity index (χ1v) is 4.66. The SMILES string of the molecule is CCC1(C)CC(N)(CN)CCO1. The lowest BCUT2D eigenvalue weighted by atomic mass is 9.80. The van der Waals surface area contributed by atoms with Gasteiger partial charge in [0.1, 0.15) is 0 Å². The quantitative estimate of drug-likeness (QED) is 0.642. The Labute approximate surface area is 74.4 Å². The van der Waals surface area contributed by atoms with E-state index in [-0.39, 0.29) is 11.1 Å². The molecule has 1 saturated heterocycles. The molecule has 0 aromatic heterocycles. The molecule has 0 amide bonds. The van der Waals surface area contributed by atoms with Crippen LogP contribution in [0.2, 0.25) is 0 Å². The molecule has 72 valence electrons. The highest BCUT2D eigenvalue weighted by Crippen LogP contribution is 2.32. The van der Waals surface area contributed by atoms with E-state index in [1.54, 1.807) is 0 Å². The summed E-state index contributed by atoms with van der Waals surface area (Å²) in [4.78, 5) is 0. The molecule has 0 aliphatic carbocycles. The molecule has 0 spiro atoms. The molecule has 0 aromatic rings. The molecule has 1 fully saturated rings. The zero-order valence-corrected chi connectivity index (χ0v) is 8.10. The lowest BCUT2D eigenvalue weighted by molar-refractivity contribution is -0.0921. The van der Waals surface area contributed by atoms with E-state index >= 15 is 0 Å². The van der Waals surface area contributed by atoms with Crippen molar-refractivity contribution in [2.75, 3.05) is 13.2 Å². The normalized spacial score (nSPS) is 43.0. The number of ether oxygens (including phenoxy) is 1. The van der Waals surface area contributed by atoms with Crippen LogP contribution >= 0.6 is 0 Å². The first kappa shape index (κ1) is 9.96. The van der Waals surface area contributed by atoms with Crippen LogP contribution in [0.3, 0.4) is 0 Å². The van der Waals surface area contributed by atoms with Crippen molar-refractivity contribution in [2.45, 2.75) is 44.2 Å². The molecule has 1 aliphatic heterocycles. The molecule has 1 heterocycles. The second-order valence-electron chi connectivity index (χ2n) is 4.15. The number of nitrogens with two attached hydrogens (primary N) is 2. The fourth-order valence-electron chi connectivity index (χ4n) is 1.79. The molecule has 0 saturated carbocycles. The van der Waals surface area contributed by atoms with Crippen molar-refractivity contribution in [3.05, 3.63) is 0 Å². The predicted molar refractivity (Wildman–Crippen MR) is 49.9 cm³/mol. The van der Waals surface area contributed by atoms with Gasteiger partial charge >= 0.3 is 0 Å². The third-order valence-corrected chi connectivity index (χ3v) is 2.93. The van der Waals surface area contributed by atoms with E-state index in [1.165, 1.54) is 0 Å². The maximum atomic E-state index is 6.10. The number of hydrogen-bond donors (Lipinski definition) is 2. The highest BCUT2D eigenvalue weighted by molar-refractivity contribution is 4.96. The van der Waals surface area contributed by atoms with Crippen LogP contribution in [0.15, 0.2) is 0 Å². The van der Waals surface area contributed by atoms with Crippen LogP contribution in [-0.4, -0.2) is 24.3 Å². The van der Waals surface area contributed by atoms with Crippen LogP contribution in [-0.2, 0) is 4.74 Å². The van der Waals surface area contributed by atoms with E-state index in [0.29, 0.717) is 6.54 Å². The van der Waals surface area contributed by atoms with Crippen molar-refractivity contribution < 1.29 is 4.74 Å². The molecule has 12 heavy (non-hydrogen) atoms. The smallest absolute Gasteiger partial charge is 0.0669 e. The fraction of sp³-hybridized carbons (Fsp3) is 1.00. The topological polar surface area (TPSA) is 61.3 Å². The van der Waals surface area contributed by atoms with Gasteiger partial charge in [-0.1, -0.05) is 6.92 Å². The van der Waals surface area contributed by atoms with Crippen LogP contribution in [0.5, 0.6) is 0 Å². The molecule has 1 aliphatic rings. The summed E-state index contributed by atoms with van der Waals surface area (Å²) in [7, 11) is 0. The zero-order valence-electron chi connectivity index (χ0n) is 8.10. The van der Waals surface area contributed by atoms with E-state index in [1.807, 2.05) is 0 Å². The maximum absolute atomic E-state index is 6.10. The van der Waals surface area contributed by atoms with Crippen molar-refractivity contribution >= 4 is 0 Å². The number of hydrogen-bond acceptors (Lipinski definition) is 3. The van der Waals surface area contributed by atoms with Crippen LogP contribution in [0.4, 0.5) is 0 Å². The van der Waals surface area contributed by atoms with Crippen molar-refractivity contribution in [1.29, 1.82) is 0 Å². The molecule has 3 nitrogen and oxygen atoms in total. The van der Waals surface area contributed by atoms with Gasteiger partial charge in [-0.3, -0.25) is 0 Å². The van der Waals surface area contributed by atoms with E-state index in [0.717, 1.165) is 25.9 Å². The van der Waals surface area contributed by atoms with Crippen molar-refractivity contribution in [3.63, 3.8) is 0 Å².